The van der Waals surface area contributed by atoms with Crippen molar-refractivity contribution in [2.24, 2.45) is 0 Å². The van der Waals surface area contributed by atoms with Crippen LogP contribution in [0.3, 0.4) is 0 Å². The van der Waals surface area contributed by atoms with Gasteiger partial charge in [0.1, 0.15) is 15.7 Å². The maximum atomic E-state index is 14.5. The van der Waals surface area contributed by atoms with E-state index >= 15 is 0 Å². The SMILES string of the molecule is C=I[C@@H](OCc1ccccc1)[C@](C)(COS(C)(=O)=O)c1ccc(F)cc1F. The van der Waals surface area contributed by atoms with Gasteiger partial charge in [0, 0.05) is 6.07 Å². The van der Waals surface area contributed by atoms with E-state index in [1.807, 2.05) is 30.3 Å². The highest BCUT2D eigenvalue weighted by Gasteiger charge is 2.39. The van der Waals surface area contributed by atoms with Gasteiger partial charge in [0.15, 0.2) is 0 Å². The molecule has 8 heteroatoms. The zero-order valence-corrected chi connectivity index (χ0v) is 18.0. The average Bonchev–Trinajstić information content (AvgIpc) is 2.60. The van der Waals surface area contributed by atoms with Crippen LogP contribution in [0.4, 0.5) is 8.78 Å². The van der Waals surface area contributed by atoms with Crippen LogP contribution >= 0.6 is 20.7 Å². The quantitative estimate of drug-likeness (QED) is 0.289. The van der Waals surface area contributed by atoms with Gasteiger partial charge in [0.25, 0.3) is 10.1 Å². The molecule has 0 aromatic heterocycles. The Morgan fingerprint density at radius 1 is 1.19 bits per heavy atom. The minimum atomic E-state index is -3.76. The fourth-order valence-corrected chi connectivity index (χ4v) is 4.97. The molecule has 0 N–H and O–H groups in total. The van der Waals surface area contributed by atoms with Crippen molar-refractivity contribution in [2.45, 2.75) is 23.1 Å². The van der Waals surface area contributed by atoms with Crippen LogP contribution in [0, 0.1) is 11.6 Å². The van der Waals surface area contributed by atoms with Crippen LogP contribution in [0.2, 0.25) is 0 Å². The topological polar surface area (TPSA) is 52.6 Å². The smallest absolute Gasteiger partial charge is 0.264 e. The van der Waals surface area contributed by atoms with E-state index in [-0.39, 0.29) is 18.8 Å². The summed E-state index contributed by atoms with van der Waals surface area (Å²) >= 11 is -0.850. The predicted molar refractivity (Wildman–Crippen MR) is 111 cm³/mol. The first-order valence-corrected chi connectivity index (χ1v) is 12.6. The van der Waals surface area contributed by atoms with Crippen molar-refractivity contribution < 1.29 is 26.1 Å². The summed E-state index contributed by atoms with van der Waals surface area (Å²) in [6.07, 6.45) is 0.924. The fourth-order valence-electron chi connectivity index (χ4n) is 2.59. The monoisotopic (exact) mass is 510 g/mol. The van der Waals surface area contributed by atoms with E-state index in [2.05, 4.69) is 4.51 Å². The van der Waals surface area contributed by atoms with Gasteiger partial charge in [-0.2, -0.15) is 8.42 Å². The molecule has 0 aliphatic carbocycles. The van der Waals surface area contributed by atoms with Gasteiger partial charge in [-0.05, 0) is 24.1 Å². The Hall–Kier alpha value is -1.23. The highest BCUT2D eigenvalue weighted by Crippen LogP contribution is 2.38. The summed E-state index contributed by atoms with van der Waals surface area (Å²) in [4.78, 5) is 0. The summed E-state index contributed by atoms with van der Waals surface area (Å²) in [6.45, 7) is 1.58. The van der Waals surface area contributed by atoms with Crippen LogP contribution in [-0.2, 0) is 31.1 Å². The van der Waals surface area contributed by atoms with Crippen LogP contribution in [0.25, 0.3) is 0 Å². The molecule has 0 fully saturated rings. The molecule has 2 rings (SSSR count). The summed E-state index contributed by atoms with van der Waals surface area (Å²) in [5.41, 5.74) is -0.0927. The van der Waals surface area contributed by atoms with Crippen molar-refractivity contribution in [2.75, 3.05) is 12.9 Å². The Morgan fingerprint density at radius 3 is 2.41 bits per heavy atom. The molecule has 148 valence electrons. The second-order valence-electron chi connectivity index (χ2n) is 6.27. The molecule has 4 nitrogen and oxygen atoms in total. The molecule has 0 aliphatic heterocycles. The molecule has 27 heavy (non-hydrogen) atoms. The van der Waals surface area contributed by atoms with Crippen LogP contribution in [0.1, 0.15) is 18.1 Å². The number of hydrogen-bond acceptors (Lipinski definition) is 4. The number of halogens is 3. The van der Waals surface area contributed by atoms with Gasteiger partial charge in [-0.3, -0.25) is 4.18 Å². The third kappa shape index (κ3) is 6.13. The summed E-state index contributed by atoms with van der Waals surface area (Å²) in [6, 6.07) is 12.6. The lowest BCUT2D eigenvalue weighted by atomic mass is 9.83. The Kier molecular flexibility index (Phi) is 7.61. The molecule has 0 radical (unpaired) electrons. The van der Waals surface area contributed by atoms with E-state index in [9.17, 15) is 17.2 Å². The molecular weight excluding hydrogens is 489 g/mol. The van der Waals surface area contributed by atoms with Crippen molar-refractivity contribution in [3.63, 3.8) is 0 Å². The maximum absolute atomic E-state index is 14.5. The zero-order valence-electron chi connectivity index (χ0n) is 15.0. The molecule has 2 aromatic carbocycles. The van der Waals surface area contributed by atoms with E-state index in [1.54, 1.807) is 6.92 Å². The van der Waals surface area contributed by atoms with Gasteiger partial charge in [0.2, 0.25) is 0 Å². The summed E-state index contributed by atoms with van der Waals surface area (Å²) in [5, 5.41) is 0. The number of hydrogen-bond donors (Lipinski definition) is 0. The lowest BCUT2D eigenvalue weighted by Gasteiger charge is -2.35. The molecule has 0 saturated carbocycles. The molecule has 0 amide bonds. The molecule has 0 bridgehead atoms. The highest BCUT2D eigenvalue weighted by molar-refractivity contribution is 14.2. The lowest BCUT2D eigenvalue weighted by Crippen LogP contribution is -2.41. The van der Waals surface area contributed by atoms with E-state index < -0.39 is 52.0 Å². The zero-order chi connectivity index (χ0) is 20.1. The van der Waals surface area contributed by atoms with E-state index in [4.69, 9.17) is 8.92 Å². The first-order chi connectivity index (χ1) is 12.7. The van der Waals surface area contributed by atoms with Crippen LogP contribution in [-0.4, -0.2) is 29.9 Å². The van der Waals surface area contributed by atoms with Gasteiger partial charge in [0.05, 0.1) is 24.9 Å². The minimum Gasteiger partial charge on any atom is -0.363 e. The van der Waals surface area contributed by atoms with Crippen molar-refractivity contribution in [3.8, 4) is 0 Å². The van der Waals surface area contributed by atoms with Gasteiger partial charge in [-0.25, -0.2) is 8.78 Å². The van der Waals surface area contributed by atoms with Crippen molar-refractivity contribution >= 4 is 35.4 Å². The Bertz CT molecular complexity index is 890. The van der Waals surface area contributed by atoms with Gasteiger partial charge in [-0.1, -0.05) is 61.6 Å². The first kappa shape index (κ1) is 22.1. The third-order valence-corrected chi connectivity index (χ3v) is 7.08. The molecule has 0 saturated heterocycles. The van der Waals surface area contributed by atoms with Crippen molar-refractivity contribution in [1.29, 1.82) is 0 Å². The van der Waals surface area contributed by atoms with Crippen molar-refractivity contribution in [1.82, 2.24) is 0 Å². The molecule has 2 aromatic rings. The van der Waals surface area contributed by atoms with Crippen LogP contribution in [0.5, 0.6) is 0 Å². The van der Waals surface area contributed by atoms with Gasteiger partial charge < -0.3 is 4.74 Å². The summed E-state index contributed by atoms with van der Waals surface area (Å²) in [7, 11) is -3.76. The molecule has 0 heterocycles. The number of ether oxygens (including phenoxy) is 1. The molecule has 0 aliphatic rings. The van der Waals surface area contributed by atoms with E-state index in [1.165, 1.54) is 6.07 Å². The van der Waals surface area contributed by atoms with Crippen LogP contribution < -0.4 is 0 Å². The summed E-state index contributed by atoms with van der Waals surface area (Å²) in [5.74, 6) is -1.49. The third-order valence-electron chi connectivity index (χ3n) is 4.00. The first-order valence-electron chi connectivity index (χ1n) is 7.98. The average molecular weight is 510 g/mol. The Balaban J connectivity index is 2.37. The van der Waals surface area contributed by atoms with Gasteiger partial charge >= 0.3 is 0 Å². The molecule has 0 spiro atoms. The normalized spacial score (nSPS) is 15.3. The maximum Gasteiger partial charge on any atom is 0.264 e. The largest absolute Gasteiger partial charge is 0.363 e. The second kappa shape index (κ2) is 9.31. The number of alkyl halides is 1. The Morgan fingerprint density at radius 2 is 1.85 bits per heavy atom. The standard InChI is InChI=1S/C19H21F2IO4S/c1-19(13-26-27(3,23)24,16-10-9-15(20)11-17(16)21)18(22-2)25-12-14-7-5-4-6-8-14/h4-11,18H,2,12-13H2,1,3H3/t18-,19+/m0/s1. The summed E-state index contributed by atoms with van der Waals surface area (Å²) < 4.78 is 65.3. The van der Waals surface area contributed by atoms with E-state index in [0.717, 1.165) is 24.0 Å². The highest BCUT2D eigenvalue weighted by atomic mass is 127. The number of benzene rings is 2. The second-order valence-corrected chi connectivity index (χ2v) is 9.93. The molecular formula is C19H21F2IO4S. The number of rotatable bonds is 9. The molecule has 0 unspecified atom stereocenters. The van der Waals surface area contributed by atoms with Crippen LogP contribution in [0.15, 0.2) is 48.5 Å². The Labute approximate surface area is 168 Å². The minimum absolute atomic E-state index is 0.133. The predicted octanol–water partition coefficient (Wildman–Crippen LogP) is 4.14. The van der Waals surface area contributed by atoms with Gasteiger partial charge in [-0.15, -0.1) is 0 Å². The fraction of sp³-hybridized carbons (Fsp3) is 0.316. The van der Waals surface area contributed by atoms with Crippen molar-refractivity contribution in [3.05, 3.63) is 71.3 Å². The van der Waals surface area contributed by atoms with E-state index in [0.29, 0.717) is 0 Å². The molecule has 2 atom stereocenters. The lowest BCUT2D eigenvalue weighted by molar-refractivity contribution is 0.0411.